The van der Waals surface area contributed by atoms with Crippen molar-refractivity contribution < 1.29 is 19.4 Å². The van der Waals surface area contributed by atoms with E-state index in [1.54, 1.807) is 0 Å². The maximum absolute atomic E-state index is 12.1. The molecule has 2 aliphatic carbocycles. The van der Waals surface area contributed by atoms with Gasteiger partial charge in [-0.2, -0.15) is 0 Å². The molecule has 1 saturated carbocycles. The molecular weight excluding hydrogens is 304 g/mol. The summed E-state index contributed by atoms with van der Waals surface area (Å²) in [6, 6.07) is 0. The second kappa shape index (κ2) is 6.38. The second-order valence-corrected chi connectivity index (χ2v) is 7.95. The average molecular weight is 332 g/mol. The van der Waals surface area contributed by atoms with E-state index in [1.165, 1.54) is 5.57 Å². The van der Waals surface area contributed by atoms with Crippen LogP contribution in [-0.4, -0.2) is 23.1 Å². The minimum absolute atomic E-state index is 0.0151. The highest BCUT2D eigenvalue weighted by Gasteiger charge is 2.53. The largest absolute Gasteiger partial charge is 0.481 e. The van der Waals surface area contributed by atoms with E-state index in [0.29, 0.717) is 29.7 Å². The maximum Gasteiger partial charge on any atom is 0.334 e. The van der Waals surface area contributed by atoms with Crippen molar-refractivity contribution in [2.75, 3.05) is 0 Å². The number of carbonyl (C=O) groups is 2. The number of fused-ring (bicyclic) bond motifs is 2. The topological polar surface area (TPSA) is 63.6 Å². The molecule has 24 heavy (non-hydrogen) atoms. The van der Waals surface area contributed by atoms with E-state index in [9.17, 15) is 14.7 Å². The number of aliphatic carboxylic acids is 1. The summed E-state index contributed by atoms with van der Waals surface area (Å²) < 4.78 is 5.63. The molecule has 4 nitrogen and oxygen atoms in total. The fraction of sp³-hybridized carbons (Fsp3) is 0.700. The lowest BCUT2D eigenvalue weighted by Crippen LogP contribution is -2.44. The first kappa shape index (κ1) is 17.2. The third-order valence-corrected chi connectivity index (χ3v) is 6.39. The van der Waals surface area contributed by atoms with Crippen molar-refractivity contribution in [3.8, 4) is 0 Å². The highest BCUT2D eigenvalue weighted by atomic mass is 16.6. The zero-order valence-corrected chi connectivity index (χ0v) is 14.8. The van der Waals surface area contributed by atoms with Gasteiger partial charge in [0.15, 0.2) is 0 Å². The first-order valence-electron chi connectivity index (χ1n) is 9.19. The first-order chi connectivity index (χ1) is 11.3. The number of carboxylic acid groups (broad SMARTS) is 1. The Hall–Kier alpha value is -1.58. The fourth-order valence-corrected chi connectivity index (χ4v) is 5.28. The number of hydrogen-bond donors (Lipinski definition) is 1. The standard InChI is InChI=1S/C20H28O4/c1-5-6-10(2)17-15-8-13(19(21)22)7-11(3)14(15)9-16-18(17)12(4)20(23)24-16/h8,10-11,13-14,16-18H,4-7,9H2,1-3H3,(H,21,22). The highest BCUT2D eigenvalue weighted by Crippen LogP contribution is 2.54. The Balaban J connectivity index is 2.04. The van der Waals surface area contributed by atoms with Gasteiger partial charge in [0.25, 0.3) is 0 Å². The van der Waals surface area contributed by atoms with Gasteiger partial charge in [0.05, 0.1) is 5.92 Å². The quantitative estimate of drug-likeness (QED) is 0.483. The molecule has 0 radical (unpaired) electrons. The van der Waals surface area contributed by atoms with E-state index in [0.717, 1.165) is 19.3 Å². The van der Waals surface area contributed by atoms with Gasteiger partial charge in [-0.15, -0.1) is 0 Å². The lowest BCUT2D eigenvalue weighted by molar-refractivity contribution is -0.141. The van der Waals surface area contributed by atoms with Crippen molar-refractivity contribution in [2.24, 2.45) is 35.5 Å². The van der Waals surface area contributed by atoms with Gasteiger partial charge >= 0.3 is 11.9 Å². The molecule has 4 heteroatoms. The zero-order chi connectivity index (χ0) is 17.6. The van der Waals surface area contributed by atoms with Crippen LogP contribution in [0.15, 0.2) is 23.8 Å². The van der Waals surface area contributed by atoms with E-state index in [4.69, 9.17) is 4.74 Å². The molecule has 7 unspecified atom stereocenters. The number of hydrogen-bond acceptors (Lipinski definition) is 3. The van der Waals surface area contributed by atoms with E-state index in [-0.39, 0.29) is 23.9 Å². The molecular formula is C20H28O4. The fourth-order valence-electron chi connectivity index (χ4n) is 5.28. The predicted octanol–water partition coefficient (Wildman–Crippen LogP) is 3.82. The van der Waals surface area contributed by atoms with E-state index < -0.39 is 11.9 Å². The molecule has 0 bridgehead atoms. The Kier molecular flexibility index (Phi) is 4.58. The van der Waals surface area contributed by atoms with Gasteiger partial charge in [0.1, 0.15) is 6.10 Å². The van der Waals surface area contributed by atoms with Crippen molar-refractivity contribution >= 4 is 11.9 Å². The Bertz CT molecular complexity index is 590. The van der Waals surface area contributed by atoms with Crippen molar-refractivity contribution in [1.82, 2.24) is 0 Å². The molecule has 3 aliphatic rings. The third kappa shape index (κ3) is 2.70. The molecule has 7 atom stereocenters. The Morgan fingerprint density at radius 3 is 2.79 bits per heavy atom. The van der Waals surface area contributed by atoms with Crippen molar-refractivity contribution in [2.45, 2.75) is 52.6 Å². The zero-order valence-electron chi connectivity index (χ0n) is 14.8. The monoisotopic (exact) mass is 332 g/mol. The van der Waals surface area contributed by atoms with Crippen LogP contribution in [0.5, 0.6) is 0 Å². The lowest BCUT2D eigenvalue weighted by Gasteiger charge is -2.47. The van der Waals surface area contributed by atoms with E-state index in [2.05, 4.69) is 27.4 Å². The van der Waals surface area contributed by atoms with Crippen LogP contribution in [0.1, 0.15) is 46.5 Å². The summed E-state index contributed by atoms with van der Waals surface area (Å²) in [5.74, 6) is -0.206. The van der Waals surface area contributed by atoms with Gasteiger partial charge in [-0.25, -0.2) is 4.79 Å². The second-order valence-electron chi connectivity index (χ2n) is 7.95. The van der Waals surface area contributed by atoms with Crippen LogP contribution in [-0.2, 0) is 14.3 Å². The molecule has 1 N–H and O–H groups in total. The Morgan fingerprint density at radius 2 is 2.17 bits per heavy atom. The van der Waals surface area contributed by atoms with Crippen molar-refractivity contribution in [3.63, 3.8) is 0 Å². The number of esters is 1. The van der Waals surface area contributed by atoms with Crippen LogP contribution >= 0.6 is 0 Å². The van der Waals surface area contributed by atoms with Crippen LogP contribution in [0, 0.1) is 35.5 Å². The maximum atomic E-state index is 12.1. The van der Waals surface area contributed by atoms with Crippen molar-refractivity contribution in [3.05, 3.63) is 23.8 Å². The minimum Gasteiger partial charge on any atom is -0.481 e. The molecule has 1 aliphatic heterocycles. The van der Waals surface area contributed by atoms with Crippen LogP contribution in [0.4, 0.5) is 0 Å². The van der Waals surface area contributed by atoms with E-state index >= 15 is 0 Å². The summed E-state index contributed by atoms with van der Waals surface area (Å²) >= 11 is 0. The van der Waals surface area contributed by atoms with Crippen LogP contribution in [0.25, 0.3) is 0 Å². The normalized spacial score (nSPS) is 39.5. The smallest absolute Gasteiger partial charge is 0.334 e. The third-order valence-electron chi connectivity index (χ3n) is 6.39. The molecule has 132 valence electrons. The molecule has 2 fully saturated rings. The summed E-state index contributed by atoms with van der Waals surface area (Å²) in [6.07, 6.45) is 5.53. The van der Waals surface area contributed by atoms with Gasteiger partial charge in [-0.1, -0.05) is 51.8 Å². The molecule has 3 rings (SSSR count). The summed E-state index contributed by atoms with van der Waals surface area (Å²) in [7, 11) is 0. The van der Waals surface area contributed by atoms with Gasteiger partial charge in [0.2, 0.25) is 0 Å². The summed E-state index contributed by atoms with van der Waals surface area (Å²) in [5, 5.41) is 9.52. The minimum atomic E-state index is -0.741. The molecule has 1 heterocycles. The number of carbonyl (C=O) groups excluding carboxylic acids is 1. The Morgan fingerprint density at radius 1 is 1.46 bits per heavy atom. The molecule has 0 aromatic rings. The van der Waals surface area contributed by atoms with Crippen LogP contribution in [0.3, 0.4) is 0 Å². The molecule has 0 spiro atoms. The number of ether oxygens (including phenoxy) is 1. The van der Waals surface area contributed by atoms with Crippen LogP contribution < -0.4 is 0 Å². The number of carboxylic acids is 1. The average Bonchev–Trinajstić information content (AvgIpc) is 2.80. The molecule has 0 aromatic carbocycles. The van der Waals surface area contributed by atoms with Crippen LogP contribution in [0.2, 0.25) is 0 Å². The van der Waals surface area contributed by atoms with E-state index in [1.807, 2.05) is 6.08 Å². The van der Waals surface area contributed by atoms with Crippen molar-refractivity contribution in [1.29, 1.82) is 0 Å². The molecule has 0 aromatic heterocycles. The lowest BCUT2D eigenvalue weighted by atomic mass is 9.57. The Labute approximate surface area is 144 Å². The number of rotatable bonds is 4. The van der Waals surface area contributed by atoms with Gasteiger partial charge in [0, 0.05) is 11.5 Å². The summed E-state index contributed by atoms with van der Waals surface area (Å²) in [5.41, 5.74) is 1.83. The molecule has 1 saturated heterocycles. The van der Waals surface area contributed by atoms with Gasteiger partial charge in [-0.3, -0.25) is 4.79 Å². The summed E-state index contributed by atoms with van der Waals surface area (Å²) in [4.78, 5) is 23.7. The highest BCUT2D eigenvalue weighted by molar-refractivity contribution is 5.91. The molecule has 0 amide bonds. The van der Waals surface area contributed by atoms with Gasteiger partial charge in [-0.05, 0) is 36.5 Å². The van der Waals surface area contributed by atoms with Gasteiger partial charge < -0.3 is 9.84 Å². The summed E-state index contributed by atoms with van der Waals surface area (Å²) in [6.45, 7) is 10.5. The first-order valence-corrected chi connectivity index (χ1v) is 9.19. The predicted molar refractivity (Wildman–Crippen MR) is 91.2 cm³/mol. The number of allylic oxidation sites excluding steroid dienone is 1. The SMILES string of the molecule is C=C1C(=O)OC2CC3C(=CC(C(=O)O)CC3C)C(C(C)CCC)C12.